The third kappa shape index (κ3) is 2.40. The van der Waals surface area contributed by atoms with Gasteiger partial charge in [0.25, 0.3) is 5.56 Å². The summed E-state index contributed by atoms with van der Waals surface area (Å²) >= 11 is 0. The third-order valence-corrected chi connectivity index (χ3v) is 5.44. The lowest BCUT2D eigenvalue weighted by molar-refractivity contribution is 0.562. The van der Waals surface area contributed by atoms with Gasteiger partial charge < -0.3 is 4.57 Å². The Hall–Kier alpha value is -3.58. The summed E-state index contributed by atoms with van der Waals surface area (Å²) in [6, 6.07) is 0. The average molecular weight is 352 g/mol. The van der Waals surface area contributed by atoms with E-state index in [1.807, 2.05) is 6.08 Å². The molecule has 1 N–H and O–H groups in total. The van der Waals surface area contributed by atoms with Crippen LogP contribution in [0.25, 0.3) is 0 Å². The smallest absolute Gasteiger partial charge is 0.302 e. The maximum atomic E-state index is 12.0. The van der Waals surface area contributed by atoms with Gasteiger partial charge in [-0.1, -0.05) is 60.4 Å². The highest BCUT2D eigenvalue weighted by Crippen LogP contribution is 2.49. The second-order valence-electron chi connectivity index (χ2n) is 7.01. The Kier molecular flexibility index (Phi) is 3.32. The SMILES string of the molecule is Cn1cc(C#CC2=C3C=CC4=CC=CC5=CC=C(C=C2)C3C45)c(=O)[nH]c1=O. The number of nitrogens with zero attached hydrogens (tertiary/aromatic N) is 1. The highest BCUT2D eigenvalue weighted by Gasteiger charge is 2.37. The van der Waals surface area contributed by atoms with Gasteiger partial charge in [-0.05, 0) is 28.4 Å². The Labute approximate surface area is 155 Å². The van der Waals surface area contributed by atoms with E-state index in [1.54, 1.807) is 7.05 Å². The lowest BCUT2D eigenvalue weighted by Crippen LogP contribution is -2.29. The Balaban J connectivity index is 1.64. The minimum Gasteiger partial charge on any atom is -0.302 e. The molecule has 2 unspecified atom stereocenters. The molecule has 5 rings (SSSR count). The highest BCUT2D eigenvalue weighted by atomic mass is 16.2. The van der Waals surface area contributed by atoms with Gasteiger partial charge in [0.15, 0.2) is 0 Å². The summed E-state index contributed by atoms with van der Waals surface area (Å²) in [5, 5.41) is 0. The van der Waals surface area contributed by atoms with Crippen LogP contribution in [-0.2, 0) is 7.05 Å². The fourth-order valence-corrected chi connectivity index (χ4v) is 4.10. The van der Waals surface area contributed by atoms with Crippen LogP contribution in [0.3, 0.4) is 0 Å². The molecule has 0 amide bonds. The molecule has 4 nitrogen and oxygen atoms in total. The maximum Gasteiger partial charge on any atom is 0.328 e. The predicted molar refractivity (Wildman–Crippen MR) is 105 cm³/mol. The lowest BCUT2D eigenvalue weighted by Gasteiger charge is -2.39. The number of H-pyrrole nitrogens is 1. The highest BCUT2D eigenvalue weighted by molar-refractivity contribution is 5.65. The van der Waals surface area contributed by atoms with Crippen molar-refractivity contribution in [1.29, 1.82) is 0 Å². The first kappa shape index (κ1) is 15.7. The summed E-state index contributed by atoms with van der Waals surface area (Å²) in [4.78, 5) is 25.8. The number of nitrogens with one attached hydrogen (secondary N) is 1. The first-order valence-corrected chi connectivity index (χ1v) is 8.84. The quantitative estimate of drug-likeness (QED) is 0.729. The van der Waals surface area contributed by atoms with E-state index in [4.69, 9.17) is 0 Å². The monoisotopic (exact) mass is 352 g/mol. The Bertz CT molecular complexity index is 1270. The van der Waals surface area contributed by atoms with Crippen molar-refractivity contribution in [1.82, 2.24) is 9.55 Å². The summed E-state index contributed by atoms with van der Waals surface area (Å²) in [5.74, 6) is 6.69. The molecule has 130 valence electrons. The molecule has 4 heteroatoms. The van der Waals surface area contributed by atoms with Crippen LogP contribution in [0, 0.1) is 23.7 Å². The fraction of sp³-hybridized carbons (Fsp3) is 0.130. The zero-order valence-electron chi connectivity index (χ0n) is 14.7. The Morgan fingerprint density at radius 3 is 2.48 bits per heavy atom. The van der Waals surface area contributed by atoms with Gasteiger partial charge in [0.2, 0.25) is 0 Å². The van der Waals surface area contributed by atoms with Crippen molar-refractivity contribution in [3.63, 3.8) is 0 Å². The zero-order valence-corrected chi connectivity index (χ0v) is 14.7. The van der Waals surface area contributed by atoms with Crippen molar-refractivity contribution < 1.29 is 0 Å². The van der Waals surface area contributed by atoms with E-state index in [1.165, 1.54) is 33.1 Å². The molecule has 0 aliphatic heterocycles. The van der Waals surface area contributed by atoms with Crippen molar-refractivity contribution in [2.75, 3.05) is 0 Å². The van der Waals surface area contributed by atoms with Crippen LogP contribution < -0.4 is 11.2 Å². The van der Waals surface area contributed by atoms with Crippen molar-refractivity contribution in [2.24, 2.45) is 18.9 Å². The molecule has 1 aromatic rings. The van der Waals surface area contributed by atoms with E-state index in [-0.39, 0.29) is 11.5 Å². The first-order chi connectivity index (χ1) is 13.1. The van der Waals surface area contributed by atoms with Gasteiger partial charge in [0, 0.05) is 30.7 Å². The van der Waals surface area contributed by atoms with Crippen LogP contribution in [0.5, 0.6) is 0 Å². The molecule has 4 aliphatic rings. The van der Waals surface area contributed by atoms with E-state index in [0.29, 0.717) is 5.92 Å². The van der Waals surface area contributed by atoms with E-state index >= 15 is 0 Å². The lowest BCUT2D eigenvalue weighted by atomic mass is 9.63. The molecule has 4 aliphatic carbocycles. The molecule has 0 saturated carbocycles. The summed E-state index contributed by atoms with van der Waals surface area (Å²) in [6.07, 6.45) is 20.7. The van der Waals surface area contributed by atoms with Gasteiger partial charge in [0.1, 0.15) is 5.56 Å². The normalized spacial score (nSPS) is 23.8. The Morgan fingerprint density at radius 1 is 0.889 bits per heavy atom. The molecule has 0 bridgehead atoms. The second-order valence-corrected chi connectivity index (χ2v) is 7.01. The number of allylic oxidation sites excluding steroid dienone is 14. The van der Waals surface area contributed by atoms with Gasteiger partial charge in [-0.3, -0.25) is 9.78 Å². The van der Waals surface area contributed by atoms with Crippen molar-refractivity contribution >= 4 is 0 Å². The molecule has 1 aromatic heterocycles. The minimum absolute atomic E-state index is 0.263. The topological polar surface area (TPSA) is 54.9 Å². The third-order valence-electron chi connectivity index (χ3n) is 5.44. The predicted octanol–water partition coefficient (Wildman–Crippen LogP) is 2.46. The van der Waals surface area contributed by atoms with Crippen LogP contribution in [0.2, 0.25) is 0 Å². The second kappa shape index (κ2) is 5.72. The first-order valence-electron chi connectivity index (χ1n) is 8.84. The number of aromatic nitrogens is 2. The van der Waals surface area contributed by atoms with Crippen LogP contribution in [0.4, 0.5) is 0 Å². The molecule has 0 fully saturated rings. The number of aromatic amines is 1. The van der Waals surface area contributed by atoms with Crippen LogP contribution >= 0.6 is 0 Å². The van der Waals surface area contributed by atoms with E-state index in [0.717, 1.165) is 5.57 Å². The number of rotatable bonds is 0. The standard InChI is InChI=1S/C23H16N2O2/c1-25-13-18(22(26)24-23(25)27)10-6-14-5-7-17-9-8-15-3-2-4-16-11-12-19(14)21(17)20(15)16/h2-5,7-9,11-13,20-21H,1H3,(H,24,26,27). The van der Waals surface area contributed by atoms with E-state index in [9.17, 15) is 9.59 Å². The average Bonchev–Trinajstić information content (AvgIpc) is 2.68. The molecule has 0 saturated heterocycles. The number of aryl methyl sites for hydroxylation is 1. The van der Waals surface area contributed by atoms with Crippen molar-refractivity contribution in [3.05, 3.63) is 115 Å². The molecular formula is C23H16N2O2. The Morgan fingerprint density at radius 2 is 1.63 bits per heavy atom. The molecule has 1 heterocycles. The van der Waals surface area contributed by atoms with Gasteiger partial charge in [0.05, 0.1) is 0 Å². The molecule has 0 spiro atoms. The van der Waals surface area contributed by atoms with Crippen LogP contribution in [-0.4, -0.2) is 9.55 Å². The summed E-state index contributed by atoms with van der Waals surface area (Å²) in [6.45, 7) is 0. The molecule has 0 radical (unpaired) electrons. The van der Waals surface area contributed by atoms with Crippen LogP contribution in [0.15, 0.2) is 98.3 Å². The van der Waals surface area contributed by atoms with Gasteiger partial charge in [-0.2, -0.15) is 0 Å². The summed E-state index contributed by atoms with van der Waals surface area (Å²) < 4.78 is 1.32. The van der Waals surface area contributed by atoms with E-state index in [2.05, 4.69) is 65.4 Å². The number of hydrogen-bond acceptors (Lipinski definition) is 2. The maximum absolute atomic E-state index is 12.0. The van der Waals surface area contributed by atoms with E-state index < -0.39 is 11.2 Å². The van der Waals surface area contributed by atoms with Gasteiger partial charge in [-0.15, -0.1) is 0 Å². The van der Waals surface area contributed by atoms with Crippen LogP contribution in [0.1, 0.15) is 5.56 Å². The summed E-state index contributed by atoms with van der Waals surface area (Å²) in [5.41, 5.74) is 5.40. The van der Waals surface area contributed by atoms with Crippen molar-refractivity contribution in [3.8, 4) is 11.8 Å². The minimum atomic E-state index is -0.457. The molecule has 0 aromatic carbocycles. The van der Waals surface area contributed by atoms with Gasteiger partial charge in [-0.25, -0.2) is 4.79 Å². The molecule has 27 heavy (non-hydrogen) atoms. The van der Waals surface area contributed by atoms with Crippen molar-refractivity contribution in [2.45, 2.75) is 0 Å². The largest absolute Gasteiger partial charge is 0.328 e. The fourth-order valence-electron chi connectivity index (χ4n) is 4.10. The number of hydrogen-bond donors (Lipinski definition) is 1. The molecule has 2 atom stereocenters. The summed E-state index contributed by atoms with van der Waals surface area (Å²) in [7, 11) is 1.59. The van der Waals surface area contributed by atoms with Gasteiger partial charge >= 0.3 is 5.69 Å². The molecular weight excluding hydrogens is 336 g/mol. The zero-order chi connectivity index (χ0) is 18.5.